The van der Waals surface area contributed by atoms with E-state index in [1.165, 1.54) is 12.1 Å². The van der Waals surface area contributed by atoms with Crippen molar-refractivity contribution in [3.63, 3.8) is 0 Å². The number of alkyl halides is 3. The predicted molar refractivity (Wildman–Crippen MR) is 112 cm³/mol. The zero-order chi connectivity index (χ0) is 23.1. The average Bonchev–Trinajstić information content (AvgIpc) is 3.60. The topological polar surface area (TPSA) is 73.7 Å². The number of aromatic nitrogens is 1. The summed E-state index contributed by atoms with van der Waals surface area (Å²) in [6.45, 7) is 0.700. The number of nitrogens with zero attached hydrogens (tertiary/aromatic N) is 2. The normalized spacial score (nSPS) is 25.8. The lowest BCUT2D eigenvalue weighted by atomic mass is 9.77. The molecule has 1 atom stereocenters. The highest BCUT2D eigenvalue weighted by atomic mass is 19.4. The fraction of sp³-hybridized carbons (Fsp3) is 0.500. The number of hydrogen-bond acceptors (Lipinski definition) is 4. The zero-order valence-electron chi connectivity index (χ0n) is 17.8. The Morgan fingerprint density at radius 3 is 2.16 bits per heavy atom. The Morgan fingerprint density at radius 1 is 1.06 bits per heavy atom. The molecule has 2 N–H and O–H groups in total. The van der Waals surface area contributed by atoms with Gasteiger partial charge in [-0.3, -0.25) is 9.78 Å². The fourth-order valence-corrected chi connectivity index (χ4v) is 4.52. The van der Waals surface area contributed by atoms with Gasteiger partial charge < -0.3 is 15.1 Å². The van der Waals surface area contributed by atoms with Crippen LogP contribution in [0.5, 0.6) is 0 Å². The van der Waals surface area contributed by atoms with Crippen LogP contribution in [-0.2, 0) is 11.2 Å². The van der Waals surface area contributed by atoms with Crippen molar-refractivity contribution in [1.29, 1.82) is 0 Å². The van der Waals surface area contributed by atoms with Gasteiger partial charge in [-0.25, -0.2) is 0 Å². The van der Waals surface area contributed by atoms with Gasteiger partial charge in [0.1, 0.15) is 0 Å². The van der Waals surface area contributed by atoms with Crippen LogP contribution >= 0.6 is 0 Å². The van der Waals surface area contributed by atoms with E-state index in [0.717, 1.165) is 30.5 Å². The summed E-state index contributed by atoms with van der Waals surface area (Å²) in [6, 6.07) is 8.75. The summed E-state index contributed by atoms with van der Waals surface area (Å²) < 4.78 is 39.3. The zero-order valence-corrected chi connectivity index (χ0v) is 17.8. The molecule has 172 valence electrons. The van der Waals surface area contributed by atoms with E-state index < -0.39 is 17.4 Å². The van der Waals surface area contributed by atoms with Gasteiger partial charge in [-0.15, -0.1) is 0 Å². The molecular weight excluding hydrogens is 421 g/mol. The first kappa shape index (κ1) is 22.7. The van der Waals surface area contributed by atoms with Crippen molar-refractivity contribution in [1.82, 2.24) is 9.88 Å². The number of hydrogen-bond donors (Lipinski definition) is 2. The number of benzene rings is 1. The maximum Gasteiger partial charge on any atom is 0.421 e. The van der Waals surface area contributed by atoms with Crippen molar-refractivity contribution in [2.45, 2.75) is 74.9 Å². The highest BCUT2D eigenvalue weighted by molar-refractivity contribution is 5.95. The lowest BCUT2D eigenvalue weighted by molar-refractivity contribution is -0.258. The Morgan fingerprint density at radius 2 is 1.66 bits per heavy atom. The molecule has 0 bridgehead atoms. The molecule has 2 saturated carbocycles. The van der Waals surface area contributed by atoms with Gasteiger partial charge in [0.15, 0.2) is 5.60 Å². The van der Waals surface area contributed by atoms with Crippen LogP contribution in [0.4, 0.5) is 13.2 Å². The Hall–Kier alpha value is -2.45. The molecule has 5 nitrogen and oxygen atoms in total. The van der Waals surface area contributed by atoms with E-state index in [0.29, 0.717) is 38.2 Å². The van der Waals surface area contributed by atoms with Crippen molar-refractivity contribution in [3.05, 3.63) is 65.5 Å². The van der Waals surface area contributed by atoms with Gasteiger partial charge in [-0.1, -0.05) is 18.2 Å². The summed E-state index contributed by atoms with van der Waals surface area (Å²) >= 11 is 0. The molecular formula is C24H27F3N2O3. The maximum atomic E-state index is 13.3. The van der Waals surface area contributed by atoms with Gasteiger partial charge in [0, 0.05) is 35.6 Å². The Balaban J connectivity index is 1.49. The SMILES string of the molecule is C[C@](O)(c1ccc(C(=O)N(C2CC2)C2CCC(O)(c3cccnc3)CC2)cc1)C(F)(F)F. The molecule has 1 heterocycles. The standard InChI is InChI=1S/C24H27F3N2O3/c1-22(31,24(25,26)27)17-6-4-16(5-7-17)21(30)29(19-8-9-19)20-10-12-23(32,13-11-20)18-3-2-14-28-15-18/h2-7,14-15,19-20,31-32H,8-13H2,1H3/t20?,22-,23?/m0/s1. The molecule has 0 saturated heterocycles. The minimum Gasteiger partial charge on any atom is -0.385 e. The third-order valence-corrected chi connectivity index (χ3v) is 6.80. The molecule has 0 spiro atoms. The largest absolute Gasteiger partial charge is 0.421 e. The van der Waals surface area contributed by atoms with Gasteiger partial charge in [0.25, 0.3) is 5.91 Å². The second kappa shape index (κ2) is 8.15. The van der Waals surface area contributed by atoms with E-state index in [1.54, 1.807) is 18.5 Å². The number of halogens is 3. The number of aliphatic hydroxyl groups is 2. The van der Waals surface area contributed by atoms with Crippen molar-refractivity contribution in [3.8, 4) is 0 Å². The minimum absolute atomic E-state index is 0.0371. The molecule has 2 aliphatic rings. The summed E-state index contributed by atoms with van der Waals surface area (Å²) in [4.78, 5) is 19.2. The third kappa shape index (κ3) is 4.26. The molecule has 32 heavy (non-hydrogen) atoms. The highest BCUT2D eigenvalue weighted by Gasteiger charge is 2.51. The van der Waals surface area contributed by atoms with E-state index >= 15 is 0 Å². The van der Waals surface area contributed by atoms with Crippen LogP contribution in [0.1, 0.15) is 66.9 Å². The van der Waals surface area contributed by atoms with Gasteiger partial charge in [0.05, 0.1) is 5.60 Å². The lowest BCUT2D eigenvalue weighted by Crippen LogP contribution is -2.46. The van der Waals surface area contributed by atoms with Crippen molar-refractivity contribution < 1.29 is 28.2 Å². The first-order chi connectivity index (χ1) is 15.0. The average molecular weight is 448 g/mol. The van der Waals surface area contributed by atoms with Crippen LogP contribution in [0.15, 0.2) is 48.8 Å². The van der Waals surface area contributed by atoms with E-state index in [-0.39, 0.29) is 23.6 Å². The van der Waals surface area contributed by atoms with Gasteiger partial charge in [-0.05, 0) is 69.2 Å². The van der Waals surface area contributed by atoms with Crippen molar-refractivity contribution in [2.24, 2.45) is 0 Å². The molecule has 2 aliphatic carbocycles. The van der Waals surface area contributed by atoms with E-state index in [4.69, 9.17) is 0 Å². The Kier molecular flexibility index (Phi) is 5.79. The maximum absolute atomic E-state index is 13.3. The highest BCUT2D eigenvalue weighted by Crippen LogP contribution is 2.42. The first-order valence-corrected chi connectivity index (χ1v) is 10.9. The second-order valence-corrected chi connectivity index (χ2v) is 9.10. The van der Waals surface area contributed by atoms with Gasteiger partial charge >= 0.3 is 6.18 Å². The van der Waals surface area contributed by atoms with Gasteiger partial charge in [-0.2, -0.15) is 13.2 Å². The summed E-state index contributed by atoms with van der Waals surface area (Å²) in [5, 5.41) is 20.9. The second-order valence-electron chi connectivity index (χ2n) is 9.10. The summed E-state index contributed by atoms with van der Waals surface area (Å²) in [6.07, 6.45) is 2.59. The third-order valence-electron chi connectivity index (χ3n) is 6.80. The molecule has 1 aromatic heterocycles. The summed E-state index contributed by atoms with van der Waals surface area (Å²) in [5.41, 5.74) is -3.18. The molecule has 2 fully saturated rings. The number of amides is 1. The number of carbonyl (C=O) groups is 1. The molecule has 0 unspecified atom stereocenters. The number of carbonyl (C=O) groups excluding carboxylic acids is 1. The number of pyridine rings is 1. The molecule has 4 rings (SSSR count). The lowest BCUT2D eigenvalue weighted by Gasteiger charge is -2.41. The van der Waals surface area contributed by atoms with E-state index in [1.807, 2.05) is 11.0 Å². The van der Waals surface area contributed by atoms with Crippen LogP contribution in [0.2, 0.25) is 0 Å². The quantitative estimate of drug-likeness (QED) is 0.716. The monoisotopic (exact) mass is 448 g/mol. The van der Waals surface area contributed by atoms with E-state index in [9.17, 15) is 28.2 Å². The van der Waals surface area contributed by atoms with Crippen LogP contribution in [-0.4, -0.2) is 44.3 Å². The fourth-order valence-electron chi connectivity index (χ4n) is 4.52. The van der Waals surface area contributed by atoms with Crippen LogP contribution < -0.4 is 0 Å². The Labute approximate surface area is 184 Å². The van der Waals surface area contributed by atoms with Crippen molar-refractivity contribution >= 4 is 5.91 Å². The van der Waals surface area contributed by atoms with Crippen LogP contribution in [0.25, 0.3) is 0 Å². The first-order valence-electron chi connectivity index (χ1n) is 10.9. The molecule has 2 aromatic rings. The predicted octanol–water partition coefficient (Wildman–Crippen LogP) is 4.29. The molecule has 0 aliphatic heterocycles. The van der Waals surface area contributed by atoms with Crippen molar-refractivity contribution in [2.75, 3.05) is 0 Å². The minimum atomic E-state index is -4.81. The molecule has 8 heteroatoms. The van der Waals surface area contributed by atoms with E-state index in [2.05, 4.69) is 4.98 Å². The van der Waals surface area contributed by atoms with Crippen LogP contribution in [0, 0.1) is 0 Å². The van der Waals surface area contributed by atoms with Gasteiger partial charge in [0.2, 0.25) is 0 Å². The molecule has 1 aromatic carbocycles. The molecule has 0 radical (unpaired) electrons. The Bertz CT molecular complexity index is 949. The molecule has 1 amide bonds. The summed E-state index contributed by atoms with van der Waals surface area (Å²) in [5.74, 6) is -0.220. The van der Waals surface area contributed by atoms with Crippen LogP contribution in [0.3, 0.4) is 0 Å². The summed E-state index contributed by atoms with van der Waals surface area (Å²) in [7, 11) is 0. The number of rotatable bonds is 5. The smallest absolute Gasteiger partial charge is 0.385 e.